The topological polar surface area (TPSA) is 85.5 Å². The van der Waals surface area contributed by atoms with Crippen LogP contribution in [0.4, 0.5) is 0 Å². The molecule has 6 heteroatoms. The van der Waals surface area contributed by atoms with Gasteiger partial charge in [0.1, 0.15) is 5.00 Å². The van der Waals surface area contributed by atoms with Gasteiger partial charge in [0, 0.05) is 48.7 Å². The molecule has 0 saturated carbocycles. The number of allylic oxidation sites excluding steroid dienone is 1. The Morgan fingerprint density at radius 3 is 2.60 bits per heavy atom. The van der Waals surface area contributed by atoms with E-state index in [1.807, 2.05) is 35.5 Å². The Morgan fingerprint density at radius 2 is 2.05 bits per heavy atom. The van der Waals surface area contributed by atoms with Crippen LogP contribution in [0, 0.1) is 0 Å². The minimum atomic E-state index is -0.777. The summed E-state index contributed by atoms with van der Waals surface area (Å²) in [6, 6.07) is 1.93. The lowest BCUT2D eigenvalue weighted by Gasteiger charge is -2.38. The summed E-state index contributed by atoms with van der Waals surface area (Å²) < 4.78 is 0. The SMILES string of the molecule is NC1=CCC(Cl)(N(CCO)CCO)C=C1c1cc[nH]c1. The third-order valence-corrected chi connectivity index (χ3v) is 3.96. The first-order valence-corrected chi connectivity index (χ1v) is 6.96. The monoisotopic (exact) mass is 297 g/mol. The molecule has 0 aromatic carbocycles. The summed E-state index contributed by atoms with van der Waals surface area (Å²) in [5.74, 6) is 0. The number of nitrogens with one attached hydrogen (secondary N) is 1. The van der Waals surface area contributed by atoms with Crippen LogP contribution in [0.15, 0.2) is 36.3 Å². The van der Waals surface area contributed by atoms with Crippen LogP contribution in [-0.2, 0) is 0 Å². The fourth-order valence-electron chi connectivity index (χ4n) is 2.41. The van der Waals surface area contributed by atoms with Crippen molar-refractivity contribution in [3.63, 3.8) is 0 Å². The number of hydrogen-bond acceptors (Lipinski definition) is 4. The van der Waals surface area contributed by atoms with E-state index in [9.17, 15) is 0 Å². The van der Waals surface area contributed by atoms with Crippen molar-refractivity contribution in [1.29, 1.82) is 0 Å². The Hall–Kier alpha value is -1.27. The maximum absolute atomic E-state index is 9.16. The van der Waals surface area contributed by atoms with Gasteiger partial charge in [-0.1, -0.05) is 17.7 Å². The van der Waals surface area contributed by atoms with Crippen molar-refractivity contribution in [3.05, 3.63) is 41.9 Å². The third-order valence-electron chi connectivity index (χ3n) is 3.46. The number of aliphatic hydroxyl groups excluding tert-OH is 2. The van der Waals surface area contributed by atoms with Gasteiger partial charge in [0.15, 0.2) is 0 Å². The molecule has 1 heterocycles. The average molecular weight is 298 g/mol. The molecule has 0 saturated heterocycles. The molecule has 5 nitrogen and oxygen atoms in total. The molecule has 0 amide bonds. The Labute approximate surface area is 123 Å². The largest absolute Gasteiger partial charge is 0.398 e. The number of rotatable bonds is 6. The first-order valence-electron chi connectivity index (χ1n) is 6.58. The van der Waals surface area contributed by atoms with E-state index in [-0.39, 0.29) is 13.2 Å². The number of nitrogens with two attached hydrogens (primary N) is 1. The van der Waals surface area contributed by atoms with Crippen molar-refractivity contribution in [1.82, 2.24) is 9.88 Å². The first kappa shape index (κ1) is 15.1. The van der Waals surface area contributed by atoms with Gasteiger partial charge < -0.3 is 20.9 Å². The summed E-state index contributed by atoms with van der Waals surface area (Å²) in [5, 5.41) is 18.3. The second-order valence-electron chi connectivity index (χ2n) is 4.77. The number of H-pyrrole nitrogens is 1. The lowest BCUT2D eigenvalue weighted by molar-refractivity contribution is 0.122. The molecule has 20 heavy (non-hydrogen) atoms. The van der Waals surface area contributed by atoms with E-state index >= 15 is 0 Å². The van der Waals surface area contributed by atoms with Crippen LogP contribution >= 0.6 is 11.6 Å². The molecular weight excluding hydrogens is 278 g/mol. The zero-order valence-electron chi connectivity index (χ0n) is 11.2. The van der Waals surface area contributed by atoms with Gasteiger partial charge in [0.2, 0.25) is 0 Å². The number of halogens is 1. The summed E-state index contributed by atoms with van der Waals surface area (Å²) in [6.45, 7) is 0.769. The molecule has 1 unspecified atom stereocenters. The predicted molar refractivity (Wildman–Crippen MR) is 80.0 cm³/mol. The Kier molecular flexibility index (Phi) is 4.88. The predicted octanol–water partition coefficient (Wildman–Crippen LogP) is 0.866. The van der Waals surface area contributed by atoms with E-state index < -0.39 is 5.00 Å². The second-order valence-corrected chi connectivity index (χ2v) is 5.43. The van der Waals surface area contributed by atoms with Crippen LogP contribution in [0.5, 0.6) is 0 Å². The number of aromatic nitrogens is 1. The van der Waals surface area contributed by atoms with Gasteiger partial charge in [0.05, 0.1) is 13.2 Å². The highest BCUT2D eigenvalue weighted by Crippen LogP contribution is 2.37. The van der Waals surface area contributed by atoms with Crippen molar-refractivity contribution < 1.29 is 10.2 Å². The van der Waals surface area contributed by atoms with Crippen LogP contribution in [-0.4, -0.2) is 51.4 Å². The highest BCUT2D eigenvalue weighted by Gasteiger charge is 2.34. The molecule has 0 fully saturated rings. The van der Waals surface area contributed by atoms with E-state index in [1.54, 1.807) is 0 Å². The Morgan fingerprint density at radius 1 is 1.35 bits per heavy atom. The summed E-state index contributed by atoms with van der Waals surface area (Å²) >= 11 is 6.69. The van der Waals surface area contributed by atoms with Gasteiger partial charge in [0.25, 0.3) is 0 Å². The molecule has 0 spiro atoms. The second kappa shape index (κ2) is 6.45. The molecule has 1 aromatic rings. The standard InChI is InChI=1S/C14H20ClN3O2/c15-14(18(5-7-19)6-8-20)3-1-13(16)12(9-14)11-2-4-17-10-11/h1-2,4,9-10,17,19-20H,3,5-8,16H2. The lowest BCUT2D eigenvalue weighted by atomic mass is 9.94. The summed E-state index contributed by atoms with van der Waals surface area (Å²) in [7, 11) is 0. The number of alkyl halides is 1. The molecule has 5 N–H and O–H groups in total. The Balaban J connectivity index is 2.32. The molecular formula is C14H20ClN3O2. The van der Waals surface area contributed by atoms with Crippen molar-refractivity contribution in [3.8, 4) is 0 Å². The Bertz CT molecular complexity index is 493. The fourth-order valence-corrected chi connectivity index (χ4v) is 2.77. The molecule has 2 rings (SSSR count). The smallest absolute Gasteiger partial charge is 0.119 e. The average Bonchev–Trinajstić information content (AvgIpc) is 2.95. The number of aromatic amines is 1. The molecule has 1 aliphatic carbocycles. The molecule has 0 aliphatic heterocycles. The number of aliphatic hydroxyl groups is 2. The van der Waals surface area contributed by atoms with E-state index in [2.05, 4.69) is 4.98 Å². The van der Waals surface area contributed by atoms with Crippen molar-refractivity contribution in [2.45, 2.75) is 11.4 Å². The summed E-state index contributed by atoms with van der Waals surface area (Å²) in [6.07, 6.45) is 8.01. The minimum Gasteiger partial charge on any atom is -0.398 e. The van der Waals surface area contributed by atoms with Crippen LogP contribution < -0.4 is 5.73 Å². The maximum Gasteiger partial charge on any atom is 0.119 e. The van der Waals surface area contributed by atoms with Crippen molar-refractivity contribution in [2.24, 2.45) is 5.73 Å². The maximum atomic E-state index is 9.16. The van der Waals surface area contributed by atoms with Gasteiger partial charge >= 0.3 is 0 Å². The van der Waals surface area contributed by atoms with Gasteiger partial charge in [-0.3, -0.25) is 4.90 Å². The number of nitrogens with zero attached hydrogens (tertiary/aromatic N) is 1. The van der Waals surface area contributed by atoms with Crippen molar-refractivity contribution in [2.75, 3.05) is 26.3 Å². The fraction of sp³-hybridized carbons (Fsp3) is 0.429. The highest BCUT2D eigenvalue weighted by molar-refractivity contribution is 6.26. The normalized spacial score (nSPS) is 22.8. The minimum absolute atomic E-state index is 0.0129. The van der Waals surface area contributed by atoms with Gasteiger partial charge in [-0.25, -0.2) is 0 Å². The van der Waals surface area contributed by atoms with Gasteiger partial charge in [-0.2, -0.15) is 0 Å². The quantitative estimate of drug-likeness (QED) is 0.463. The van der Waals surface area contributed by atoms with Gasteiger partial charge in [-0.15, -0.1) is 0 Å². The molecule has 0 radical (unpaired) electrons. The molecule has 110 valence electrons. The van der Waals surface area contributed by atoms with Crippen LogP contribution in [0.3, 0.4) is 0 Å². The highest BCUT2D eigenvalue weighted by atomic mass is 35.5. The first-order chi connectivity index (χ1) is 9.60. The van der Waals surface area contributed by atoms with Crippen molar-refractivity contribution >= 4 is 17.2 Å². The van der Waals surface area contributed by atoms with E-state index in [4.69, 9.17) is 27.5 Å². The summed E-state index contributed by atoms with van der Waals surface area (Å²) in [4.78, 5) is 4.07. The van der Waals surface area contributed by atoms with Gasteiger partial charge in [-0.05, 0) is 12.1 Å². The van der Waals surface area contributed by atoms with Crippen LogP contribution in [0.1, 0.15) is 12.0 Å². The van der Waals surface area contributed by atoms with Crippen LogP contribution in [0.2, 0.25) is 0 Å². The number of hydrogen-bond donors (Lipinski definition) is 4. The molecule has 1 aliphatic rings. The van der Waals surface area contributed by atoms with E-state index in [0.29, 0.717) is 25.2 Å². The van der Waals surface area contributed by atoms with E-state index in [1.165, 1.54) is 0 Å². The molecule has 1 aromatic heterocycles. The third kappa shape index (κ3) is 3.07. The molecule has 1 atom stereocenters. The van der Waals surface area contributed by atoms with Crippen LogP contribution in [0.25, 0.3) is 5.57 Å². The molecule has 0 bridgehead atoms. The lowest BCUT2D eigenvalue weighted by Crippen LogP contribution is -2.46. The zero-order chi connectivity index (χ0) is 14.6. The zero-order valence-corrected chi connectivity index (χ0v) is 12.0. The van der Waals surface area contributed by atoms with E-state index in [0.717, 1.165) is 11.1 Å². The summed E-state index contributed by atoms with van der Waals surface area (Å²) in [5.41, 5.74) is 8.57.